The highest BCUT2D eigenvalue weighted by molar-refractivity contribution is 6.37. The van der Waals surface area contributed by atoms with Gasteiger partial charge in [-0.3, -0.25) is 4.79 Å². The Bertz CT molecular complexity index is 741. The molecule has 3 N–H and O–H groups in total. The van der Waals surface area contributed by atoms with Crippen molar-refractivity contribution in [1.82, 2.24) is 0 Å². The first-order chi connectivity index (χ1) is 10.5. The predicted molar refractivity (Wildman–Crippen MR) is 86.2 cm³/mol. The van der Waals surface area contributed by atoms with Crippen molar-refractivity contribution >= 4 is 40.5 Å². The Morgan fingerprint density at radius 2 is 1.91 bits per heavy atom. The average Bonchev–Trinajstić information content (AvgIpc) is 2.50. The van der Waals surface area contributed by atoms with Crippen molar-refractivity contribution in [3.05, 3.63) is 45.9 Å². The number of nitrogens with zero attached hydrogens (tertiary/aromatic N) is 1. The number of nitrogen functional groups attached to an aromatic ring is 1. The van der Waals surface area contributed by atoms with Crippen molar-refractivity contribution in [2.24, 2.45) is 0 Å². The molecule has 0 bridgehead atoms. The first-order valence-electron chi connectivity index (χ1n) is 6.49. The minimum atomic E-state index is -0.293. The lowest BCUT2D eigenvalue weighted by Gasteiger charge is -2.30. The summed E-state index contributed by atoms with van der Waals surface area (Å²) in [5, 5.41) is 9.64. The zero-order valence-corrected chi connectivity index (χ0v) is 12.9. The van der Waals surface area contributed by atoms with E-state index in [1.165, 1.54) is 12.1 Å². The van der Waals surface area contributed by atoms with Crippen molar-refractivity contribution in [3.63, 3.8) is 0 Å². The van der Waals surface area contributed by atoms with E-state index < -0.39 is 0 Å². The third kappa shape index (κ3) is 2.53. The standard InChI is InChI=1S/C15H12Cl2N2O3/c16-10-5-8(6-11(17)14(10)20)15(21)19-3-4-22-13-2-1-9(18)7-12(13)19/h1-2,5-7,20H,3-4,18H2. The lowest BCUT2D eigenvalue weighted by atomic mass is 10.1. The second-order valence-corrected chi connectivity index (χ2v) is 5.64. The molecule has 1 heterocycles. The van der Waals surface area contributed by atoms with Crippen molar-refractivity contribution in [1.29, 1.82) is 0 Å². The molecule has 0 spiro atoms. The van der Waals surface area contributed by atoms with Crippen LogP contribution in [0.15, 0.2) is 30.3 Å². The van der Waals surface area contributed by atoms with Crippen molar-refractivity contribution in [2.75, 3.05) is 23.8 Å². The SMILES string of the molecule is Nc1ccc2c(c1)N(C(=O)c1cc(Cl)c(O)c(Cl)c1)CCO2. The fourth-order valence-corrected chi connectivity index (χ4v) is 2.78. The van der Waals surface area contributed by atoms with Crippen LogP contribution >= 0.6 is 23.2 Å². The summed E-state index contributed by atoms with van der Waals surface area (Å²) in [6.45, 7) is 0.758. The third-order valence-electron chi connectivity index (χ3n) is 3.36. The first-order valence-corrected chi connectivity index (χ1v) is 7.25. The van der Waals surface area contributed by atoms with Gasteiger partial charge in [-0.05, 0) is 30.3 Å². The second kappa shape index (κ2) is 5.59. The number of benzene rings is 2. The van der Waals surface area contributed by atoms with Crippen LogP contribution in [0.3, 0.4) is 0 Å². The maximum atomic E-state index is 12.7. The Labute approximate surface area is 136 Å². The summed E-state index contributed by atoms with van der Waals surface area (Å²) in [6.07, 6.45) is 0. The molecule has 5 nitrogen and oxygen atoms in total. The van der Waals surface area contributed by atoms with Crippen LogP contribution in [-0.4, -0.2) is 24.2 Å². The van der Waals surface area contributed by atoms with E-state index >= 15 is 0 Å². The molecular weight excluding hydrogens is 327 g/mol. The van der Waals surface area contributed by atoms with Gasteiger partial charge in [0.1, 0.15) is 12.4 Å². The molecular formula is C15H12Cl2N2O3. The van der Waals surface area contributed by atoms with Crippen molar-refractivity contribution in [3.8, 4) is 11.5 Å². The van der Waals surface area contributed by atoms with E-state index in [4.69, 9.17) is 33.7 Å². The monoisotopic (exact) mass is 338 g/mol. The molecule has 0 aliphatic carbocycles. The highest BCUT2D eigenvalue weighted by atomic mass is 35.5. The van der Waals surface area contributed by atoms with Gasteiger partial charge in [0, 0.05) is 11.3 Å². The van der Waals surface area contributed by atoms with Gasteiger partial charge in [0.15, 0.2) is 5.75 Å². The molecule has 0 saturated carbocycles. The number of nitrogens with two attached hydrogens (primary N) is 1. The van der Waals surface area contributed by atoms with Crippen molar-refractivity contribution < 1.29 is 14.6 Å². The normalized spacial score (nSPS) is 13.5. The number of ether oxygens (including phenoxy) is 1. The molecule has 114 valence electrons. The maximum absolute atomic E-state index is 12.7. The third-order valence-corrected chi connectivity index (χ3v) is 3.93. The number of hydrogen-bond donors (Lipinski definition) is 2. The van der Waals surface area contributed by atoms with Gasteiger partial charge in [-0.15, -0.1) is 0 Å². The molecule has 0 aromatic heterocycles. The predicted octanol–water partition coefficient (Wildman–Crippen LogP) is 3.32. The number of hydrogen-bond acceptors (Lipinski definition) is 4. The van der Waals surface area contributed by atoms with Gasteiger partial charge in [0.2, 0.25) is 0 Å². The van der Waals surface area contributed by atoms with Crippen LogP contribution in [0, 0.1) is 0 Å². The van der Waals surface area contributed by atoms with E-state index in [0.29, 0.717) is 30.3 Å². The van der Waals surface area contributed by atoms with Crippen LogP contribution in [-0.2, 0) is 0 Å². The largest absolute Gasteiger partial charge is 0.505 e. The number of halogens is 2. The van der Waals surface area contributed by atoms with Gasteiger partial charge in [0.25, 0.3) is 5.91 Å². The van der Waals surface area contributed by atoms with Crippen LogP contribution in [0.1, 0.15) is 10.4 Å². The number of carbonyl (C=O) groups is 1. The van der Waals surface area contributed by atoms with E-state index in [1.54, 1.807) is 23.1 Å². The summed E-state index contributed by atoms with van der Waals surface area (Å²) in [5.74, 6) is 0.0511. The molecule has 3 rings (SSSR count). The molecule has 2 aromatic rings. The number of phenols is 1. The van der Waals surface area contributed by atoms with E-state index in [2.05, 4.69) is 0 Å². The molecule has 1 aliphatic heterocycles. The summed E-state index contributed by atoms with van der Waals surface area (Å²) < 4.78 is 5.52. The smallest absolute Gasteiger partial charge is 0.258 e. The molecule has 0 radical (unpaired) electrons. The molecule has 1 aliphatic rings. The van der Waals surface area contributed by atoms with Crippen LogP contribution in [0.5, 0.6) is 11.5 Å². The number of aromatic hydroxyl groups is 1. The molecule has 0 saturated heterocycles. The van der Waals surface area contributed by atoms with Gasteiger partial charge in [-0.1, -0.05) is 23.2 Å². The minimum Gasteiger partial charge on any atom is -0.505 e. The molecule has 0 unspecified atom stereocenters. The zero-order chi connectivity index (χ0) is 15.9. The molecule has 1 amide bonds. The van der Waals surface area contributed by atoms with E-state index in [1.807, 2.05) is 0 Å². The summed E-state index contributed by atoms with van der Waals surface area (Å²) in [4.78, 5) is 14.3. The Kier molecular flexibility index (Phi) is 3.76. The molecule has 2 aromatic carbocycles. The van der Waals surface area contributed by atoms with Crippen LogP contribution in [0.25, 0.3) is 0 Å². The fraction of sp³-hybridized carbons (Fsp3) is 0.133. The van der Waals surface area contributed by atoms with Gasteiger partial charge >= 0.3 is 0 Å². The quantitative estimate of drug-likeness (QED) is 0.782. The number of amides is 1. The maximum Gasteiger partial charge on any atom is 0.258 e. The molecule has 22 heavy (non-hydrogen) atoms. The lowest BCUT2D eigenvalue weighted by molar-refractivity contribution is 0.0976. The van der Waals surface area contributed by atoms with Gasteiger partial charge in [-0.25, -0.2) is 0 Å². The topological polar surface area (TPSA) is 75.8 Å². The van der Waals surface area contributed by atoms with Crippen molar-refractivity contribution in [2.45, 2.75) is 0 Å². The molecule has 7 heteroatoms. The Morgan fingerprint density at radius 1 is 1.23 bits per heavy atom. The lowest BCUT2D eigenvalue weighted by Crippen LogP contribution is -2.38. The number of phenolic OH excluding ortho intramolecular Hbond substituents is 1. The highest BCUT2D eigenvalue weighted by Gasteiger charge is 2.26. The van der Waals surface area contributed by atoms with Crippen LogP contribution < -0.4 is 15.4 Å². The van der Waals surface area contributed by atoms with E-state index in [0.717, 1.165) is 0 Å². The first kappa shape index (κ1) is 14.8. The fourth-order valence-electron chi connectivity index (χ4n) is 2.29. The summed E-state index contributed by atoms with van der Waals surface area (Å²) in [7, 11) is 0. The van der Waals surface area contributed by atoms with E-state index in [-0.39, 0.29) is 27.3 Å². The minimum absolute atomic E-state index is 0.0249. The number of fused-ring (bicyclic) bond motifs is 1. The number of rotatable bonds is 1. The molecule has 0 fully saturated rings. The second-order valence-electron chi connectivity index (χ2n) is 4.82. The van der Waals surface area contributed by atoms with Gasteiger partial charge in [0.05, 0.1) is 22.3 Å². The Morgan fingerprint density at radius 3 is 2.59 bits per heavy atom. The highest BCUT2D eigenvalue weighted by Crippen LogP contribution is 2.36. The summed E-state index contributed by atoms with van der Waals surface area (Å²) >= 11 is 11.8. The average molecular weight is 339 g/mol. The zero-order valence-electron chi connectivity index (χ0n) is 11.3. The van der Waals surface area contributed by atoms with Crippen LogP contribution in [0.2, 0.25) is 10.0 Å². The Balaban J connectivity index is 2.02. The van der Waals surface area contributed by atoms with E-state index in [9.17, 15) is 9.90 Å². The Hall–Kier alpha value is -2.11. The summed E-state index contributed by atoms with van der Waals surface area (Å²) in [6, 6.07) is 7.87. The number of anilines is 2. The number of carbonyl (C=O) groups excluding carboxylic acids is 1. The van der Waals surface area contributed by atoms with Crippen LogP contribution in [0.4, 0.5) is 11.4 Å². The summed E-state index contributed by atoms with van der Waals surface area (Å²) in [5.41, 5.74) is 7.19. The molecule has 0 atom stereocenters. The van der Waals surface area contributed by atoms with Gasteiger partial charge in [-0.2, -0.15) is 0 Å². The van der Waals surface area contributed by atoms with Gasteiger partial charge < -0.3 is 20.5 Å².